The van der Waals surface area contributed by atoms with Crippen molar-refractivity contribution < 1.29 is 9.47 Å². The Morgan fingerprint density at radius 3 is 2.69 bits per heavy atom. The molecule has 0 aliphatic rings. The van der Waals surface area contributed by atoms with E-state index in [-0.39, 0.29) is 6.10 Å². The van der Waals surface area contributed by atoms with Crippen LogP contribution in [0.15, 0.2) is 18.2 Å². The summed E-state index contributed by atoms with van der Waals surface area (Å²) in [5.41, 5.74) is 7.45. The van der Waals surface area contributed by atoms with Crippen molar-refractivity contribution in [3.05, 3.63) is 18.2 Å². The molecule has 0 unspecified atom stereocenters. The first-order valence-electron chi connectivity index (χ1n) is 5.42. The van der Waals surface area contributed by atoms with Crippen LogP contribution in [-0.4, -0.2) is 26.4 Å². The second-order valence-electron chi connectivity index (χ2n) is 3.80. The molecule has 0 saturated carbocycles. The molecule has 0 aromatic heterocycles. The number of nitrogen functional groups attached to an aromatic ring is 1. The van der Waals surface area contributed by atoms with Crippen LogP contribution in [-0.2, 0) is 4.74 Å². The number of benzene rings is 1. The monoisotopic (exact) mass is 224 g/mol. The van der Waals surface area contributed by atoms with Crippen LogP contribution in [0.1, 0.15) is 13.8 Å². The Hall–Kier alpha value is -1.42. The van der Waals surface area contributed by atoms with E-state index in [1.54, 1.807) is 13.2 Å². The van der Waals surface area contributed by atoms with Gasteiger partial charge in [0.05, 0.1) is 31.2 Å². The zero-order valence-electron chi connectivity index (χ0n) is 10.1. The molecule has 0 bridgehead atoms. The van der Waals surface area contributed by atoms with Crippen LogP contribution >= 0.6 is 0 Å². The van der Waals surface area contributed by atoms with Gasteiger partial charge >= 0.3 is 0 Å². The van der Waals surface area contributed by atoms with Gasteiger partial charge < -0.3 is 20.5 Å². The molecule has 4 heteroatoms. The van der Waals surface area contributed by atoms with Crippen LogP contribution in [0.5, 0.6) is 5.75 Å². The van der Waals surface area contributed by atoms with E-state index in [0.29, 0.717) is 12.3 Å². The molecular formula is C12H20N2O2. The number of ether oxygens (including phenoxy) is 2. The summed E-state index contributed by atoms with van der Waals surface area (Å²) in [5.74, 6) is 0.765. The van der Waals surface area contributed by atoms with Crippen molar-refractivity contribution in [2.75, 3.05) is 31.3 Å². The fourth-order valence-electron chi connectivity index (χ4n) is 1.31. The van der Waals surface area contributed by atoms with E-state index in [9.17, 15) is 0 Å². The number of nitrogens with two attached hydrogens (primary N) is 1. The number of hydrogen-bond donors (Lipinski definition) is 2. The van der Waals surface area contributed by atoms with Crippen LogP contribution in [0.3, 0.4) is 0 Å². The molecule has 0 aliphatic carbocycles. The minimum Gasteiger partial charge on any atom is -0.497 e. The first kappa shape index (κ1) is 12.6. The molecule has 90 valence electrons. The Balaban J connectivity index is 2.42. The first-order chi connectivity index (χ1) is 7.63. The van der Waals surface area contributed by atoms with Crippen molar-refractivity contribution in [3.63, 3.8) is 0 Å². The molecule has 0 aliphatic heterocycles. The standard InChI is InChI=1S/C12H20N2O2/c1-9(2)16-7-6-14-12-5-4-10(15-3)8-11(12)13/h4-5,8-9,14H,6-7,13H2,1-3H3. The summed E-state index contributed by atoms with van der Waals surface area (Å²) in [6, 6.07) is 5.58. The van der Waals surface area contributed by atoms with Gasteiger partial charge in [0.25, 0.3) is 0 Å². The summed E-state index contributed by atoms with van der Waals surface area (Å²) in [6.45, 7) is 5.45. The normalized spacial score (nSPS) is 10.5. The third kappa shape index (κ3) is 3.98. The Labute approximate surface area is 96.7 Å². The highest BCUT2D eigenvalue weighted by molar-refractivity contribution is 5.68. The fourth-order valence-corrected chi connectivity index (χ4v) is 1.31. The number of rotatable bonds is 6. The quantitative estimate of drug-likeness (QED) is 0.574. The van der Waals surface area contributed by atoms with E-state index >= 15 is 0 Å². The van der Waals surface area contributed by atoms with E-state index < -0.39 is 0 Å². The summed E-state index contributed by atoms with van der Waals surface area (Å²) >= 11 is 0. The van der Waals surface area contributed by atoms with Crippen molar-refractivity contribution in [2.24, 2.45) is 0 Å². The molecule has 4 nitrogen and oxygen atoms in total. The number of anilines is 2. The zero-order chi connectivity index (χ0) is 12.0. The third-order valence-electron chi connectivity index (χ3n) is 2.13. The van der Waals surface area contributed by atoms with E-state index in [2.05, 4.69) is 5.32 Å². The highest BCUT2D eigenvalue weighted by Gasteiger charge is 2.00. The molecule has 0 spiro atoms. The Morgan fingerprint density at radius 1 is 1.38 bits per heavy atom. The average Bonchev–Trinajstić information content (AvgIpc) is 2.25. The van der Waals surface area contributed by atoms with E-state index in [4.69, 9.17) is 15.2 Å². The zero-order valence-corrected chi connectivity index (χ0v) is 10.1. The summed E-state index contributed by atoms with van der Waals surface area (Å²) < 4.78 is 10.5. The molecular weight excluding hydrogens is 204 g/mol. The summed E-state index contributed by atoms with van der Waals surface area (Å²) in [6.07, 6.45) is 0.259. The minimum absolute atomic E-state index is 0.259. The lowest BCUT2D eigenvalue weighted by Crippen LogP contribution is -2.13. The van der Waals surface area contributed by atoms with Crippen molar-refractivity contribution in [1.82, 2.24) is 0 Å². The van der Waals surface area contributed by atoms with Gasteiger partial charge in [0, 0.05) is 12.6 Å². The number of nitrogens with one attached hydrogen (secondary N) is 1. The van der Waals surface area contributed by atoms with Crippen molar-refractivity contribution in [3.8, 4) is 5.75 Å². The highest BCUT2D eigenvalue weighted by Crippen LogP contribution is 2.23. The Bertz CT molecular complexity index is 327. The number of hydrogen-bond acceptors (Lipinski definition) is 4. The molecule has 16 heavy (non-hydrogen) atoms. The molecule has 0 atom stereocenters. The molecule has 1 aromatic rings. The largest absolute Gasteiger partial charge is 0.497 e. The molecule has 3 N–H and O–H groups in total. The van der Waals surface area contributed by atoms with Gasteiger partial charge in [-0.2, -0.15) is 0 Å². The molecule has 0 radical (unpaired) electrons. The van der Waals surface area contributed by atoms with E-state index in [1.807, 2.05) is 26.0 Å². The van der Waals surface area contributed by atoms with Gasteiger partial charge in [-0.3, -0.25) is 0 Å². The van der Waals surface area contributed by atoms with Crippen molar-refractivity contribution in [1.29, 1.82) is 0 Å². The first-order valence-corrected chi connectivity index (χ1v) is 5.42. The maximum atomic E-state index is 5.86. The van der Waals surface area contributed by atoms with Gasteiger partial charge in [-0.25, -0.2) is 0 Å². The van der Waals surface area contributed by atoms with Gasteiger partial charge in [0.1, 0.15) is 5.75 Å². The molecule has 1 aromatic carbocycles. The van der Waals surface area contributed by atoms with E-state index in [0.717, 1.165) is 18.0 Å². The Kier molecular flexibility index (Phi) is 4.92. The lowest BCUT2D eigenvalue weighted by molar-refractivity contribution is 0.0871. The minimum atomic E-state index is 0.259. The molecule has 1 rings (SSSR count). The van der Waals surface area contributed by atoms with E-state index in [1.165, 1.54) is 0 Å². The van der Waals surface area contributed by atoms with Crippen molar-refractivity contribution >= 4 is 11.4 Å². The molecule has 0 saturated heterocycles. The lowest BCUT2D eigenvalue weighted by atomic mass is 10.2. The van der Waals surface area contributed by atoms with Crippen LogP contribution in [0.4, 0.5) is 11.4 Å². The Morgan fingerprint density at radius 2 is 2.12 bits per heavy atom. The molecule has 0 heterocycles. The lowest BCUT2D eigenvalue weighted by Gasteiger charge is -2.12. The summed E-state index contributed by atoms with van der Waals surface area (Å²) in [7, 11) is 1.62. The van der Waals surface area contributed by atoms with Gasteiger partial charge in [-0.05, 0) is 26.0 Å². The number of methoxy groups -OCH3 is 1. The predicted molar refractivity (Wildman–Crippen MR) is 67.0 cm³/mol. The van der Waals surface area contributed by atoms with Gasteiger partial charge in [0.2, 0.25) is 0 Å². The maximum absolute atomic E-state index is 5.86. The highest BCUT2D eigenvalue weighted by atomic mass is 16.5. The van der Waals surface area contributed by atoms with Crippen LogP contribution in [0.2, 0.25) is 0 Å². The fraction of sp³-hybridized carbons (Fsp3) is 0.500. The topological polar surface area (TPSA) is 56.5 Å². The predicted octanol–water partition coefficient (Wildman–Crippen LogP) is 2.11. The van der Waals surface area contributed by atoms with Gasteiger partial charge in [-0.1, -0.05) is 0 Å². The van der Waals surface area contributed by atoms with Gasteiger partial charge in [0.15, 0.2) is 0 Å². The average molecular weight is 224 g/mol. The summed E-state index contributed by atoms with van der Waals surface area (Å²) in [5, 5.41) is 3.21. The SMILES string of the molecule is COc1ccc(NCCOC(C)C)c(N)c1. The van der Waals surface area contributed by atoms with Crippen molar-refractivity contribution in [2.45, 2.75) is 20.0 Å². The molecule has 0 fully saturated rings. The second-order valence-corrected chi connectivity index (χ2v) is 3.80. The molecule has 0 amide bonds. The summed E-state index contributed by atoms with van der Waals surface area (Å²) in [4.78, 5) is 0. The van der Waals surface area contributed by atoms with Gasteiger partial charge in [-0.15, -0.1) is 0 Å². The maximum Gasteiger partial charge on any atom is 0.121 e. The second kappa shape index (κ2) is 6.23. The van der Waals surface area contributed by atoms with Crippen LogP contribution < -0.4 is 15.8 Å². The smallest absolute Gasteiger partial charge is 0.121 e. The van der Waals surface area contributed by atoms with Crippen LogP contribution in [0, 0.1) is 0 Å². The third-order valence-corrected chi connectivity index (χ3v) is 2.13. The van der Waals surface area contributed by atoms with Crippen LogP contribution in [0.25, 0.3) is 0 Å².